The normalized spacial score (nSPS) is 16.5. The zero-order valence-electron chi connectivity index (χ0n) is 6.03. The minimum Gasteiger partial charge on any atom is -0.277 e. The Bertz CT molecular complexity index is 269. The van der Waals surface area contributed by atoms with Crippen LogP contribution >= 0.6 is 11.8 Å². The number of aliphatic imine (C=N–C) groups is 1. The van der Waals surface area contributed by atoms with Crippen molar-refractivity contribution in [1.82, 2.24) is 4.98 Å². The molecule has 0 atom stereocenters. The summed E-state index contributed by atoms with van der Waals surface area (Å²) >= 11 is 1.82. The molecular formula is C8H8N2S. The van der Waals surface area contributed by atoms with Crippen molar-refractivity contribution in [3.8, 4) is 0 Å². The van der Waals surface area contributed by atoms with Gasteiger partial charge in [-0.25, -0.2) is 0 Å². The predicted octanol–water partition coefficient (Wildman–Crippen LogP) is 1.57. The van der Waals surface area contributed by atoms with Crippen LogP contribution in [0.3, 0.4) is 0 Å². The van der Waals surface area contributed by atoms with E-state index in [9.17, 15) is 0 Å². The van der Waals surface area contributed by atoms with Crippen molar-refractivity contribution in [3.05, 3.63) is 30.1 Å². The van der Waals surface area contributed by atoms with Gasteiger partial charge in [-0.1, -0.05) is 0 Å². The average Bonchev–Trinajstić information content (AvgIpc) is 2.58. The van der Waals surface area contributed by atoms with Crippen LogP contribution in [0.5, 0.6) is 0 Å². The Labute approximate surface area is 69.8 Å². The maximum absolute atomic E-state index is 4.36. The van der Waals surface area contributed by atoms with E-state index in [2.05, 4.69) is 9.98 Å². The summed E-state index contributed by atoms with van der Waals surface area (Å²) in [6.45, 7) is 0.961. The summed E-state index contributed by atoms with van der Waals surface area (Å²) in [5.41, 5.74) is 1.20. The Morgan fingerprint density at radius 1 is 1.27 bits per heavy atom. The van der Waals surface area contributed by atoms with Crippen molar-refractivity contribution in [3.63, 3.8) is 0 Å². The summed E-state index contributed by atoms with van der Waals surface area (Å²) in [6.07, 6.45) is 3.60. The molecule has 0 amide bonds. The van der Waals surface area contributed by atoms with Crippen LogP contribution in [-0.4, -0.2) is 22.3 Å². The van der Waals surface area contributed by atoms with Gasteiger partial charge in [0.2, 0.25) is 0 Å². The van der Waals surface area contributed by atoms with E-state index in [0.717, 1.165) is 17.3 Å². The summed E-state index contributed by atoms with van der Waals surface area (Å²) in [6, 6.07) is 3.99. The summed E-state index contributed by atoms with van der Waals surface area (Å²) < 4.78 is 0. The van der Waals surface area contributed by atoms with E-state index in [4.69, 9.17) is 0 Å². The van der Waals surface area contributed by atoms with Crippen molar-refractivity contribution >= 4 is 16.8 Å². The largest absolute Gasteiger partial charge is 0.277 e. The highest BCUT2D eigenvalue weighted by molar-refractivity contribution is 8.14. The van der Waals surface area contributed by atoms with Gasteiger partial charge in [-0.05, 0) is 12.1 Å². The monoisotopic (exact) mass is 164 g/mol. The Hall–Kier alpha value is -0.830. The standard InChI is InChI=1S/C8H8N2S/c1-3-9-4-2-7(1)8-10-5-6-11-8/h1-4H,5-6H2. The number of hydrogen-bond donors (Lipinski definition) is 0. The van der Waals surface area contributed by atoms with Gasteiger partial charge in [0.25, 0.3) is 0 Å². The van der Waals surface area contributed by atoms with Gasteiger partial charge < -0.3 is 0 Å². The average molecular weight is 164 g/mol. The van der Waals surface area contributed by atoms with E-state index in [1.54, 1.807) is 12.4 Å². The van der Waals surface area contributed by atoms with E-state index in [1.807, 2.05) is 23.9 Å². The molecule has 2 nitrogen and oxygen atoms in total. The highest BCUT2D eigenvalue weighted by Crippen LogP contribution is 2.17. The molecule has 1 aromatic rings. The number of pyridine rings is 1. The summed E-state index contributed by atoms with van der Waals surface area (Å²) in [7, 11) is 0. The van der Waals surface area contributed by atoms with E-state index in [1.165, 1.54) is 5.56 Å². The first-order valence-electron chi connectivity index (χ1n) is 3.54. The van der Waals surface area contributed by atoms with E-state index >= 15 is 0 Å². The topological polar surface area (TPSA) is 25.2 Å². The van der Waals surface area contributed by atoms with E-state index in [0.29, 0.717) is 0 Å². The molecule has 1 aromatic heterocycles. The minimum absolute atomic E-state index is 0.961. The number of hydrogen-bond acceptors (Lipinski definition) is 3. The smallest absolute Gasteiger partial charge is 0.0978 e. The van der Waals surface area contributed by atoms with E-state index in [-0.39, 0.29) is 0 Å². The lowest BCUT2D eigenvalue weighted by Crippen LogP contribution is -1.90. The lowest BCUT2D eigenvalue weighted by atomic mass is 10.3. The maximum Gasteiger partial charge on any atom is 0.0978 e. The molecule has 0 saturated carbocycles. The van der Waals surface area contributed by atoms with Crippen molar-refractivity contribution < 1.29 is 0 Å². The number of rotatable bonds is 1. The van der Waals surface area contributed by atoms with Gasteiger partial charge in [0, 0.05) is 30.3 Å². The number of thioether (sulfide) groups is 1. The highest BCUT2D eigenvalue weighted by Gasteiger charge is 2.07. The van der Waals surface area contributed by atoms with Crippen LogP contribution in [-0.2, 0) is 0 Å². The molecule has 2 rings (SSSR count). The molecule has 0 bridgehead atoms. The molecule has 0 fully saturated rings. The van der Waals surface area contributed by atoms with Crippen molar-refractivity contribution in [2.45, 2.75) is 0 Å². The molecule has 3 heteroatoms. The van der Waals surface area contributed by atoms with Crippen molar-refractivity contribution in [1.29, 1.82) is 0 Å². The Balaban J connectivity index is 2.29. The molecule has 1 aliphatic heterocycles. The van der Waals surface area contributed by atoms with Crippen LogP contribution in [0, 0.1) is 0 Å². The van der Waals surface area contributed by atoms with Gasteiger partial charge in [0.15, 0.2) is 0 Å². The fourth-order valence-corrected chi connectivity index (χ4v) is 1.87. The molecule has 56 valence electrons. The van der Waals surface area contributed by atoms with Gasteiger partial charge in [-0.3, -0.25) is 9.98 Å². The Morgan fingerprint density at radius 3 is 2.73 bits per heavy atom. The number of nitrogens with zero attached hydrogens (tertiary/aromatic N) is 2. The van der Waals surface area contributed by atoms with Gasteiger partial charge in [-0.15, -0.1) is 11.8 Å². The Kier molecular flexibility index (Phi) is 1.90. The highest BCUT2D eigenvalue weighted by atomic mass is 32.2. The third kappa shape index (κ3) is 1.43. The summed E-state index contributed by atoms with van der Waals surface area (Å²) in [5, 5.41) is 1.16. The zero-order valence-corrected chi connectivity index (χ0v) is 6.84. The summed E-state index contributed by atoms with van der Waals surface area (Å²) in [5.74, 6) is 1.12. The lowest BCUT2D eigenvalue weighted by molar-refractivity contribution is 1.17. The molecule has 0 radical (unpaired) electrons. The SMILES string of the molecule is c1cc(C2=NCCS2)ccn1. The van der Waals surface area contributed by atoms with Crippen LogP contribution in [0.2, 0.25) is 0 Å². The second-order valence-corrected chi connectivity index (χ2v) is 3.35. The molecule has 0 unspecified atom stereocenters. The van der Waals surface area contributed by atoms with Crippen LogP contribution in [0.15, 0.2) is 29.5 Å². The number of aromatic nitrogens is 1. The first kappa shape index (κ1) is 6.85. The van der Waals surface area contributed by atoms with Crippen molar-refractivity contribution in [2.24, 2.45) is 4.99 Å². The third-order valence-corrected chi connectivity index (χ3v) is 2.54. The predicted molar refractivity (Wildman–Crippen MR) is 48.1 cm³/mol. The summed E-state index contributed by atoms with van der Waals surface area (Å²) in [4.78, 5) is 8.31. The van der Waals surface area contributed by atoms with Crippen LogP contribution in [0.4, 0.5) is 0 Å². The Morgan fingerprint density at radius 2 is 2.09 bits per heavy atom. The second kappa shape index (κ2) is 3.05. The van der Waals surface area contributed by atoms with Gasteiger partial charge in [0.1, 0.15) is 0 Å². The first-order chi connectivity index (χ1) is 5.47. The zero-order chi connectivity index (χ0) is 7.52. The quantitative estimate of drug-likeness (QED) is 0.629. The van der Waals surface area contributed by atoms with E-state index < -0.39 is 0 Å². The van der Waals surface area contributed by atoms with Crippen LogP contribution in [0.1, 0.15) is 5.56 Å². The molecule has 1 aliphatic rings. The van der Waals surface area contributed by atoms with Gasteiger partial charge >= 0.3 is 0 Å². The fraction of sp³-hybridized carbons (Fsp3) is 0.250. The molecule has 2 heterocycles. The molecule has 0 saturated heterocycles. The molecule has 0 N–H and O–H groups in total. The molecule has 0 aromatic carbocycles. The van der Waals surface area contributed by atoms with Gasteiger partial charge in [-0.2, -0.15) is 0 Å². The maximum atomic E-state index is 4.36. The lowest BCUT2D eigenvalue weighted by Gasteiger charge is -1.96. The third-order valence-electron chi connectivity index (χ3n) is 1.51. The minimum atomic E-state index is 0.961. The molecule has 0 spiro atoms. The van der Waals surface area contributed by atoms with Gasteiger partial charge in [0.05, 0.1) is 5.04 Å². The molecule has 11 heavy (non-hydrogen) atoms. The van der Waals surface area contributed by atoms with Crippen LogP contribution in [0.25, 0.3) is 0 Å². The first-order valence-corrected chi connectivity index (χ1v) is 4.53. The molecular weight excluding hydrogens is 156 g/mol. The van der Waals surface area contributed by atoms with Crippen LogP contribution < -0.4 is 0 Å². The molecule has 0 aliphatic carbocycles. The fourth-order valence-electron chi connectivity index (χ4n) is 1.00. The van der Waals surface area contributed by atoms with Crippen molar-refractivity contribution in [2.75, 3.05) is 12.3 Å². The second-order valence-electron chi connectivity index (χ2n) is 2.27.